The van der Waals surface area contributed by atoms with Crippen LogP contribution in [0.5, 0.6) is 11.5 Å². The highest BCUT2D eigenvalue weighted by Gasteiger charge is 2.41. The maximum Gasteiger partial charge on any atom is 0.293 e. The van der Waals surface area contributed by atoms with Gasteiger partial charge in [0.05, 0.1) is 4.92 Å². The van der Waals surface area contributed by atoms with E-state index in [0.717, 1.165) is 5.56 Å². The SMILES string of the molecule is O=C1CCCC2=C1C(c1ccc3c(c1)OCO3)CC(=O)N2c1cc(Cl)ccc1[N+](=O)[O-]. The van der Waals surface area contributed by atoms with E-state index in [2.05, 4.69) is 0 Å². The number of allylic oxidation sites excluding steroid dienone is 2. The Hall–Kier alpha value is -3.39. The van der Waals surface area contributed by atoms with Crippen LogP contribution in [0.2, 0.25) is 5.02 Å². The number of carbonyl (C=O) groups excluding carboxylic acids is 2. The number of Topliss-reactive ketones (excluding diaryl/α,β-unsaturated/α-hetero) is 1. The maximum absolute atomic E-state index is 13.3. The molecule has 1 amide bonds. The molecule has 0 aromatic heterocycles. The first-order valence-corrected chi connectivity index (χ1v) is 10.2. The summed E-state index contributed by atoms with van der Waals surface area (Å²) in [6.45, 7) is 0.126. The fraction of sp³-hybridized carbons (Fsp3) is 0.273. The quantitative estimate of drug-likeness (QED) is 0.514. The van der Waals surface area contributed by atoms with Crippen LogP contribution in [0.15, 0.2) is 47.7 Å². The van der Waals surface area contributed by atoms with Gasteiger partial charge >= 0.3 is 0 Å². The Morgan fingerprint density at radius 2 is 1.87 bits per heavy atom. The minimum atomic E-state index is -0.548. The summed E-state index contributed by atoms with van der Waals surface area (Å²) in [6, 6.07) is 9.49. The van der Waals surface area contributed by atoms with Crippen LogP contribution in [0, 0.1) is 10.1 Å². The zero-order valence-electron chi connectivity index (χ0n) is 16.3. The van der Waals surface area contributed by atoms with Crippen LogP contribution in [0.1, 0.15) is 37.2 Å². The molecule has 0 spiro atoms. The number of amides is 1. The molecule has 2 aliphatic heterocycles. The van der Waals surface area contributed by atoms with Crippen LogP contribution in [-0.4, -0.2) is 23.4 Å². The van der Waals surface area contributed by atoms with Gasteiger partial charge in [0.2, 0.25) is 12.7 Å². The molecule has 8 nitrogen and oxygen atoms in total. The van der Waals surface area contributed by atoms with E-state index in [0.29, 0.717) is 42.0 Å². The molecule has 0 saturated heterocycles. The Bertz CT molecular complexity index is 1170. The van der Waals surface area contributed by atoms with Gasteiger partial charge in [-0.3, -0.25) is 24.6 Å². The molecule has 9 heteroatoms. The first kappa shape index (κ1) is 19.6. The highest BCUT2D eigenvalue weighted by molar-refractivity contribution is 6.31. The van der Waals surface area contributed by atoms with Gasteiger partial charge in [-0.15, -0.1) is 0 Å². The van der Waals surface area contributed by atoms with Crippen molar-refractivity contribution in [2.45, 2.75) is 31.6 Å². The van der Waals surface area contributed by atoms with Crippen molar-refractivity contribution in [1.29, 1.82) is 0 Å². The summed E-state index contributed by atoms with van der Waals surface area (Å²) in [5.74, 6) is 0.376. The third-order valence-corrected chi connectivity index (χ3v) is 6.08. The summed E-state index contributed by atoms with van der Waals surface area (Å²) < 4.78 is 10.8. The molecule has 0 bridgehead atoms. The molecule has 1 aliphatic carbocycles. The number of nitro groups is 1. The molecule has 0 N–H and O–H groups in total. The normalized spacial score (nSPS) is 20.2. The number of nitro benzene ring substituents is 1. The summed E-state index contributed by atoms with van der Waals surface area (Å²) in [5, 5.41) is 11.9. The van der Waals surface area contributed by atoms with Crippen LogP contribution in [0.4, 0.5) is 11.4 Å². The molecule has 2 aromatic rings. The molecule has 5 rings (SSSR count). The van der Waals surface area contributed by atoms with Crippen molar-refractivity contribution in [3.63, 3.8) is 0 Å². The van der Waals surface area contributed by atoms with Gasteiger partial charge in [-0.1, -0.05) is 17.7 Å². The Morgan fingerprint density at radius 3 is 2.68 bits per heavy atom. The molecule has 2 aromatic carbocycles. The minimum Gasteiger partial charge on any atom is -0.454 e. The summed E-state index contributed by atoms with van der Waals surface area (Å²) in [6.07, 6.45) is 1.43. The van der Waals surface area contributed by atoms with E-state index >= 15 is 0 Å². The van der Waals surface area contributed by atoms with Gasteiger partial charge in [-0.05, 0) is 42.7 Å². The Kier molecular flexibility index (Phi) is 4.66. The fourth-order valence-corrected chi connectivity index (χ4v) is 4.68. The van der Waals surface area contributed by atoms with Crippen LogP contribution >= 0.6 is 11.6 Å². The number of hydrogen-bond donors (Lipinski definition) is 0. The molecule has 31 heavy (non-hydrogen) atoms. The lowest BCUT2D eigenvalue weighted by Gasteiger charge is -2.38. The average Bonchev–Trinajstić information content (AvgIpc) is 3.21. The van der Waals surface area contributed by atoms with Crippen molar-refractivity contribution >= 4 is 34.7 Å². The van der Waals surface area contributed by atoms with E-state index in [1.807, 2.05) is 6.07 Å². The van der Waals surface area contributed by atoms with Crippen molar-refractivity contribution in [3.05, 3.63) is 68.4 Å². The highest BCUT2D eigenvalue weighted by atomic mass is 35.5. The molecule has 0 radical (unpaired) electrons. The smallest absolute Gasteiger partial charge is 0.293 e. The molecular weight excluding hydrogens is 424 g/mol. The van der Waals surface area contributed by atoms with Crippen molar-refractivity contribution in [3.8, 4) is 11.5 Å². The van der Waals surface area contributed by atoms with E-state index in [9.17, 15) is 19.7 Å². The maximum atomic E-state index is 13.3. The third kappa shape index (κ3) is 3.23. The highest BCUT2D eigenvalue weighted by Crippen LogP contribution is 2.47. The molecule has 3 aliphatic rings. The lowest BCUT2D eigenvalue weighted by Crippen LogP contribution is -2.40. The van der Waals surface area contributed by atoms with Gasteiger partial charge in [0.1, 0.15) is 5.69 Å². The zero-order valence-corrected chi connectivity index (χ0v) is 17.1. The number of rotatable bonds is 3. The molecule has 1 atom stereocenters. The topological polar surface area (TPSA) is 99.0 Å². The lowest BCUT2D eigenvalue weighted by molar-refractivity contribution is -0.384. The molecule has 1 unspecified atom stereocenters. The van der Waals surface area contributed by atoms with Gasteiger partial charge in [0.25, 0.3) is 5.69 Å². The predicted octanol–water partition coefficient (Wildman–Crippen LogP) is 4.50. The Morgan fingerprint density at radius 1 is 1.06 bits per heavy atom. The number of carbonyl (C=O) groups is 2. The van der Waals surface area contributed by atoms with Gasteiger partial charge in [0.15, 0.2) is 17.3 Å². The van der Waals surface area contributed by atoms with Crippen LogP contribution < -0.4 is 14.4 Å². The summed E-state index contributed by atoms with van der Waals surface area (Å²) in [4.78, 5) is 38.7. The predicted molar refractivity (Wildman–Crippen MR) is 111 cm³/mol. The lowest BCUT2D eigenvalue weighted by atomic mass is 9.77. The van der Waals surface area contributed by atoms with Crippen LogP contribution in [0.3, 0.4) is 0 Å². The summed E-state index contributed by atoms with van der Waals surface area (Å²) in [5.41, 5.74) is 1.68. The van der Waals surface area contributed by atoms with Crippen molar-refractivity contribution in [2.24, 2.45) is 0 Å². The number of ether oxygens (including phenoxy) is 2. The second-order valence-corrected chi connectivity index (χ2v) is 8.06. The first-order valence-electron chi connectivity index (χ1n) is 9.86. The molecule has 0 fully saturated rings. The second kappa shape index (κ2) is 7.39. The van der Waals surface area contributed by atoms with E-state index in [1.165, 1.54) is 23.1 Å². The van der Waals surface area contributed by atoms with Crippen LogP contribution in [-0.2, 0) is 9.59 Å². The first-order chi connectivity index (χ1) is 14.9. The number of benzene rings is 2. The monoisotopic (exact) mass is 440 g/mol. The molecular formula is C22H17ClN2O6. The van der Waals surface area contributed by atoms with Gasteiger partial charge in [-0.25, -0.2) is 0 Å². The minimum absolute atomic E-state index is 0.00782. The number of fused-ring (bicyclic) bond motifs is 1. The Labute approximate surface area is 182 Å². The largest absolute Gasteiger partial charge is 0.454 e. The van der Waals surface area contributed by atoms with Gasteiger partial charge in [-0.2, -0.15) is 0 Å². The average molecular weight is 441 g/mol. The van der Waals surface area contributed by atoms with Crippen molar-refractivity contribution in [1.82, 2.24) is 0 Å². The number of halogens is 1. The molecule has 2 heterocycles. The van der Waals surface area contributed by atoms with Crippen molar-refractivity contribution < 1.29 is 24.0 Å². The standard InChI is InChI=1S/C22H17ClN2O6/c23-13-5-6-15(25(28)29)17(9-13)24-16-2-1-3-18(26)22(16)14(10-21(24)27)12-4-7-19-20(8-12)31-11-30-19/h4-9,14H,1-3,10-11H2. The fourth-order valence-electron chi connectivity index (χ4n) is 4.52. The van der Waals surface area contributed by atoms with E-state index in [-0.39, 0.29) is 41.3 Å². The number of hydrogen-bond acceptors (Lipinski definition) is 6. The molecule has 0 saturated carbocycles. The van der Waals surface area contributed by atoms with Gasteiger partial charge < -0.3 is 9.47 Å². The second-order valence-electron chi connectivity index (χ2n) is 7.63. The van der Waals surface area contributed by atoms with E-state index in [4.69, 9.17) is 21.1 Å². The van der Waals surface area contributed by atoms with E-state index in [1.54, 1.807) is 12.1 Å². The number of ketones is 1. The molecule has 158 valence electrons. The van der Waals surface area contributed by atoms with Crippen LogP contribution in [0.25, 0.3) is 0 Å². The summed E-state index contributed by atoms with van der Waals surface area (Å²) >= 11 is 6.10. The third-order valence-electron chi connectivity index (χ3n) is 5.85. The van der Waals surface area contributed by atoms with E-state index < -0.39 is 10.8 Å². The van der Waals surface area contributed by atoms with Crippen molar-refractivity contribution in [2.75, 3.05) is 11.7 Å². The Balaban J connectivity index is 1.67. The number of anilines is 1. The zero-order chi connectivity index (χ0) is 21.7. The van der Waals surface area contributed by atoms with Gasteiger partial charge in [0, 0.05) is 41.1 Å². The number of nitrogens with zero attached hydrogens (tertiary/aromatic N) is 2. The summed E-state index contributed by atoms with van der Waals surface area (Å²) in [7, 11) is 0.